The molecular formula is C14H14ClN3O. The summed E-state index contributed by atoms with van der Waals surface area (Å²) >= 11 is 6.18. The number of hydrogen-bond acceptors (Lipinski definition) is 2. The number of aromatic amines is 1. The summed E-state index contributed by atoms with van der Waals surface area (Å²) in [6.07, 6.45) is 1.95. The predicted octanol–water partition coefficient (Wildman–Crippen LogP) is 3.39. The van der Waals surface area contributed by atoms with E-state index >= 15 is 0 Å². The molecule has 5 heteroatoms. The Morgan fingerprint density at radius 1 is 1.42 bits per heavy atom. The molecule has 0 bridgehead atoms. The Kier molecular flexibility index (Phi) is 3.03. The van der Waals surface area contributed by atoms with Crippen molar-refractivity contribution in [2.75, 3.05) is 5.32 Å². The summed E-state index contributed by atoms with van der Waals surface area (Å²) in [5, 5.41) is 10.7. The molecule has 0 radical (unpaired) electrons. The fourth-order valence-corrected chi connectivity index (χ4v) is 2.23. The lowest BCUT2D eigenvalue weighted by molar-refractivity contribution is -0.117. The van der Waals surface area contributed by atoms with E-state index in [2.05, 4.69) is 15.5 Å². The number of benzene rings is 1. The lowest BCUT2D eigenvalue weighted by Crippen LogP contribution is -2.14. The number of anilines is 1. The van der Waals surface area contributed by atoms with Gasteiger partial charge in [-0.1, -0.05) is 29.8 Å². The van der Waals surface area contributed by atoms with E-state index < -0.39 is 0 Å². The standard InChI is InChI=1S/C14H14ClN3O/c1-8-12(16-14(19)9-6-7-9)13(18-17-8)10-4-2-3-5-11(10)15/h2-5,9H,6-7H2,1H3,(H,16,19)(H,17,18). The molecule has 1 amide bonds. The van der Waals surface area contributed by atoms with Crippen molar-refractivity contribution >= 4 is 23.2 Å². The molecule has 1 saturated carbocycles. The van der Waals surface area contributed by atoms with Crippen LogP contribution in [0.25, 0.3) is 11.3 Å². The molecule has 0 atom stereocenters. The van der Waals surface area contributed by atoms with E-state index in [1.54, 1.807) is 0 Å². The first-order valence-corrected chi connectivity index (χ1v) is 6.65. The SMILES string of the molecule is Cc1[nH]nc(-c2ccccc2Cl)c1NC(=O)C1CC1. The molecule has 0 spiro atoms. The van der Waals surface area contributed by atoms with E-state index in [9.17, 15) is 4.79 Å². The maximum absolute atomic E-state index is 11.9. The van der Waals surface area contributed by atoms with Crippen LogP contribution < -0.4 is 5.32 Å². The van der Waals surface area contributed by atoms with Crippen LogP contribution in [0.2, 0.25) is 5.02 Å². The number of hydrogen-bond donors (Lipinski definition) is 2. The molecule has 4 nitrogen and oxygen atoms in total. The Morgan fingerprint density at radius 3 is 2.84 bits per heavy atom. The third-order valence-electron chi connectivity index (χ3n) is 3.27. The van der Waals surface area contributed by atoms with Crippen molar-refractivity contribution in [3.05, 3.63) is 35.0 Å². The Morgan fingerprint density at radius 2 is 2.16 bits per heavy atom. The van der Waals surface area contributed by atoms with Gasteiger partial charge in [0.15, 0.2) is 0 Å². The van der Waals surface area contributed by atoms with E-state index in [-0.39, 0.29) is 11.8 Å². The molecule has 0 aliphatic heterocycles. The molecule has 1 aromatic heterocycles. The monoisotopic (exact) mass is 275 g/mol. The van der Waals surface area contributed by atoms with Gasteiger partial charge in [-0.15, -0.1) is 0 Å². The first-order valence-electron chi connectivity index (χ1n) is 6.27. The fraction of sp³-hybridized carbons (Fsp3) is 0.286. The predicted molar refractivity (Wildman–Crippen MR) is 75.1 cm³/mol. The van der Waals surface area contributed by atoms with Gasteiger partial charge in [0.05, 0.1) is 16.4 Å². The van der Waals surface area contributed by atoms with Crippen molar-refractivity contribution in [3.8, 4) is 11.3 Å². The molecule has 1 fully saturated rings. The number of amides is 1. The molecule has 1 aromatic carbocycles. The molecule has 2 aromatic rings. The van der Waals surface area contributed by atoms with Crippen molar-refractivity contribution < 1.29 is 4.79 Å². The highest BCUT2D eigenvalue weighted by Crippen LogP contribution is 2.35. The van der Waals surface area contributed by atoms with Gasteiger partial charge in [0.2, 0.25) is 5.91 Å². The minimum Gasteiger partial charge on any atom is -0.322 e. The maximum atomic E-state index is 11.9. The van der Waals surface area contributed by atoms with Crippen molar-refractivity contribution in [2.24, 2.45) is 5.92 Å². The van der Waals surface area contributed by atoms with Gasteiger partial charge >= 0.3 is 0 Å². The zero-order chi connectivity index (χ0) is 13.4. The fourth-order valence-electron chi connectivity index (χ4n) is 2.00. The minimum atomic E-state index is 0.0674. The van der Waals surface area contributed by atoms with Gasteiger partial charge in [0.25, 0.3) is 0 Å². The third-order valence-corrected chi connectivity index (χ3v) is 3.60. The summed E-state index contributed by atoms with van der Waals surface area (Å²) in [4.78, 5) is 11.9. The van der Waals surface area contributed by atoms with Crippen molar-refractivity contribution in [1.82, 2.24) is 10.2 Å². The van der Waals surface area contributed by atoms with Crippen molar-refractivity contribution in [3.63, 3.8) is 0 Å². The Balaban J connectivity index is 1.98. The van der Waals surface area contributed by atoms with Gasteiger partial charge in [0, 0.05) is 11.5 Å². The lowest BCUT2D eigenvalue weighted by atomic mass is 10.1. The van der Waals surface area contributed by atoms with Crippen LogP contribution in [0.4, 0.5) is 5.69 Å². The van der Waals surface area contributed by atoms with Crippen LogP contribution in [0.15, 0.2) is 24.3 Å². The van der Waals surface area contributed by atoms with Gasteiger partial charge < -0.3 is 5.32 Å². The summed E-state index contributed by atoms with van der Waals surface area (Å²) in [5.74, 6) is 0.228. The van der Waals surface area contributed by atoms with Crippen LogP contribution in [0.1, 0.15) is 18.5 Å². The number of aryl methyl sites for hydroxylation is 1. The van der Waals surface area contributed by atoms with Crippen molar-refractivity contribution in [1.29, 1.82) is 0 Å². The summed E-state index contributed by atoms with van der Waals surface area (Å²) in [6, 6.07) is 7.48. The molecule has 19 heavy (non-hydrogen) atoms. The molecule has 1 aliphatic carbocycles. The first kappa shape index (κ1) is 12.2. The number of nitrogens with one attached hydrogen (secondary N) is 2. The average Bonchev–Trinajstić information content (AvgIpc) is 3.18. The van der Waals surface area contributed by atoms with Crippen LogP contribution in [0.5, 0.6) is 0 Å². The first-order chi connectivity index (χ1) is 9.16. The van der Waals surface area contributed by atoms with Gasteiger partial charge in [-0.2, -0.15) is 5.10 Å². The number of rotatable bonds is 3. The quantitative estimate of drug-likeness (QED) is 0.902. The molecule has 1 heterocycles. The molecule has 98 valence electrons. The number of carbonyl (C=O) groups excluding carboxylic acids is 1. The van der Waals surface area contributed by atoms with Crippen LogP contribution in [0.3, 0.4) is 0 Å². The second-order valence-corrected chi connectivity index (χ2v) is 5.22. The van der Waals surface area contributed by atoms with Crippen LogP contribution in [-0.2, 0) is 4.79 Å². The number of H-pyrrole nitrogens is 1. The largest absolute Gasteiger partial charge is 0.322 e. The summed E-state index contributed by atoms with van der Waals surface area (Å²) in [5.41, 5.74) is 3.07. The zero-order valence-corrected chi connectivity index (χ0v) is 11.3. The Hall–Kier alpha value is -1.81. The number of aromatic nitrogens is 2. The van der Waals surface area contributed by atoms with Gasteiger partial charge in [-0.05, 0) is 25.8 Å². The van der Waals surface area contributed by atoms with E-state index in [0.29, 0.717) is 10.7 Å². The number of halogens is 1. The number of nitrogens with zero attached hydrogens (tertiary/aromatic N) is 1. The summed E-state index contributed by atoms with van der Waals surface area (Å²) in [6.45, 7) is 1.88. The molecule has 3 rings (SSSR count). The molecule has 0 saturated heterocycles. The van der Waals surface area contributed by atoms with E-state index in [1.807, 2.05) is 31.2 Å². The van der Waals surface area contributed by atoms with Crippen molar-refractivity contribution in [2.45, 2.75) is 19.8 Å². The maximum Gasteiger partial charge on any atom is 0.227 e. The Labute approximate surface area is 116 Å². The summed E-state index contributed by atoms with van der Waals surface area (Å²) < 4.78 is 0. The van der Waals surface area contributed by atoms with Gasteiger partial charge in [-0.3, -0.25) is 9.89 Å². The van der Waals surface area contributed by atoms with Crippen LogP contribution in [-0.4, -0.2) is 16.1 Å². The van der Waals surface area contributed by atoms with E-state index in [4.69, 9.17) is 11.6 Å². The average molecular weight is 276 g/mol. The highest BCUT2D eigenvalue weighted by molar-refractivity contribution is 6.33. The van der Waals surface area contributed by atoms with Gasteiger partial charge in [-0.25, -0.2) is 0 Å². The van der Waals surface area contributed by atoms with E-state index in [1.165, 1.54) is 0 Å². The highest BCUT2D eigenvalue weighted by Gasteiger charge is 2.31. The second kappa shape index (κ2) is 4.70. The molecule has 1 aliphatic rings. The third kappa shape index (κ3) is 2.36. The second-order valence-electron chi connectivity index (χ2n) is 4.82. The normalized spacial score (nSPS) is 14.4. The zero-order valence-electron chi connectivity index (χ0n) is 10.5. The topological polar surface area (TPSA) is 57.8 Å². The highest BCUT2D eigenvalue weighted by atomic mass is 35.5. The van der Waals surface area contributed by atoms with Gasteiger partial charge in [0.1, 0.15) is 5.69 Å². The van der Waals surface area contributed by atoms with E-state index in [0.717, 1.165) is 29.8 Å². The molecule has 0 unspecified atom stereocenters. The lowest BCUT2D eigenvalue weighted by Gasteiger charge is -2.07. The smallest absolute Gasteiger partial charge is 0.227 e. The van der Waals surface area contributed by atoms with Crippen LogP contribution in [0, 0.1) is 12.8 Å². The van der Waals surface area contributed by atoms with Crippen LogP contribution >= 0.6 is 11.6 Å². The molecular weight excluding hydrogens is 262 g/mol. The summed E-state index contributed by atoms with van der Waals surface area (Å²) in [7, 11) is 0. The Bertz CT molecular complexity index is 631. The minimum absolute atomic E-state index is 0.0674. The molecule has 2 N–H and O–H groups in total. The number of carbonyl (C=O) groups is 1.